The van der Waals surface area contributed by atoms with Crippen molar-refractivity contribution in [3.05, 3.63) is 35.5 Å². The zero-order valence-corrected chi connectivity index (χ0v) is 8.72. The molecule has 0 amide bonds. The van der Waals surface area contributed by atoms with Crippen LogP contribution in [0.4, 0.5) is 0 Å². The van der Waals surface area contributed by atoms with Gasteiger partial charge in [-0.25, -0.2) is 9.67 Å². The van der Waals surface area contributed by atoms with Gasteiger partial charge >= 0.3 is 0 Å². The minimum Gasteiger partial charge on any atom is -0.259 e. The lowest BCUT2D eigenvalue weighted by molar-refractivity contribution is 0.807. The summed E-state index contributed by atoms with van der Waals surface area (Å²) in [5.41, 5.74) is 1.06. The van der Waals surface area contributed by atoms with Crippen LogP contribution in [0.3, 0.4) is 0 Å². The molecule has 0 N–H and O–H groups in total. The van der Waals surface area contributed by atoms with Crippen LogP contribution in [0.5, 0.6) is 0 Å². The highest BCUT2D eigenvalue weighted by Gasteiger charge is 2.27. The van der Waals surface area contributed by atoms with Gasteiger partial charge in [0.05, 0.1) is 11.9 Å². The molecular weight excluding hydrogens is 212 g/mol. The standard InChI is InChI=1S/C10H9ClN4/c11-9-5-8(7-1-2-7)14-15(9)10-6-12-3-4-13-10/h3-7H,1-2H2. The van der Waals surface area contributed by atoms with Crippen LogP contribution in [-0.4, -0.2) is 19.7 Å². The molecule has 2 heterocycles. The Morgan fingerprint density at radius 3 is 2.87 bits per heavy atom. The average Bonchev–Trinajstić information content (AvgIpc) is 3.04. The molecule has 2 aromatic heterocycles. The molecule has 76 valence electrons. The Balaban J connectivity index is 2.04. The molecule has 3 rings (SSSR count). The second kappa shape index (κ2) is 3.31. The van der Waals surface area contributed by atoms with Gasteiger partial charge in [0.15, 0.2) is 5.82 Å². The van der Waals surface area contributed by atoms with Gasteiger partial charge in [0.1, 0.15) is 5.15 Å². The number of nitrogens with zero attached hydrogens (tertiary/aromatic N) is 4. The van der Waals surface area contributed by atoms with Crippen molar-refractivity contribution in [3.8, 4) is 5.82 Å². The van der Waals surface area contributed by atoms with E-state index in [9.17, 15) is 0 Å². The molecule has 0 unspecified atom stereocenters. The van der Waals surface area contributed by atoms with Crippen LogP contribution in [0.2, 0.25) is 5.15 Å². The van der Waals surface area contributed by atoms with Crippen molar-refractivity contribution in [2.45, 2.75) is 18.8 Å². The molecule has 0 bridgehead atoms. The van der Waals surface area contributed by atoms with Crippen molar-refractivity contribution in [1.82, 2.24) is 19.7 Å². The molecule has 1 aliphatic rings. The van der Waals surface area contributed by atoms with Crippen molar-refractivity contribution in [3.63, 3.8) is 0 Å². The predicted octanol–water partition coefficient (Wildman–Crippen LogP) is 2.19. The molecule has 4 nitrogen and oxygen atoms in total. The van der Waals surface area contributed by atoms with Gasteiger partial charge in [-0.05, 0) is 18.9 Å². The van der Waals surface area contributed by atoms with Gasteiger partial charge in [-0.2, -0.15) is 5.10 Å². The maximum absolute atomic E-state index is 6.08. The molecule has 0 spiro atoms. The number of halogens is 1. The zero-order valence-electron chi connectivity index (χ0n) is 7.97. The second-order valence-corrected chi connectivity index (χ2v) is 4.03. The minimum absolute atomic E-state index is 0.595. The van der Waals surface area contributed by atoms with Gasteiger partial charge in [0.2, 0.25) is 0 Å². The summed E-state index contributed by atoms with van der Waals surface area (Å²) in [5.74, 6) is 1.26. The molecule has 0 atom stereocenters. The summed E-state index contributed by atoms with van der Waals surface area (Å²) in [5, 5.41) is 5.02. The average molecular weight is 221 g/mol. The second-order valence-electron chi connectivity index (χ2n) is 3.64. The lowest BCUT2D eigenvalue weighted by Gasteiger charge is -1.99. The molecule has 0 aromatic carbocycles. The first-order valence-corrected chi connectivity index (χ1v) is 5.24. The smallest absolute Gasteiger partial charge is 0.173 e. The Labute approximate surface area is 91.9 Å². The van der Waals surface area contributed by atoms with E-state index in [1.54, 1.807) is 23.3 Å². The molecule has 2 aromatic rings. The predicted molar refractivity (Wildman–Crippen MR) is 56.1 cm³/mol. The molecule has 15 heavy (non-hydrogen) atoms. The molecule has 1 fully saturated rings. The van der Waals surface area contributed by atoms with Crippen LogP contribution in [-0.2, 0) is 0 Å². The van der Waals surface area contributed by atoms with E-state index in [4.69, 9.17) is 11.6 Å². The van der Waals surface area contributed by atoms with Gasteiger partial charge in [0, 0.05) is 18.3 Å². The monoisotopic (exact) mass is 220 g/mol. The minimum atomic E-state index is 0.595. The summed E-state index contributed by atoms with van der Waals surface area (Å²) >= 11 is 6.08. The number of hydrogen-bond acceptors (Lipinski definition) is 3. The van der Waals surface area contributed by atoms with E-state index in [1.807, 2.05) is 6.07 Å². The first kappa shape index (κ1) is 8.85. The fourth-order valence-corrected chi connectivity index (χ4v) is 1.75. The highest BCUT2D eigenvalue weighted by molar-refractivity contribution is 6.29. The van der Waals surface area contributed by atoms with Gasteiger partial charge in [-0.15, -0.1) is 0 Å². The van der Waals surface area contributed by atoms with Crippen LogP contribution in [0.1, 0.15) is 24.5 Å². The van der Waals surface area contributed by atoms with Crippen molar-refractivity contribution < 1.29 is 0 Å². The Bertz CT molecular complexity index is 475. The van der Waals surface area contributed by atoms with Gasteiger partial charge in [0.25, 0.3) is 0 Å². The van der Waals surface area contributed by atoms with Gasteiger partial charge < -0.3 is 0 Å². The van der Waals surface area contributed by atoms with E-state index in [2.05, 4.69) is 15.1 Å². The largest absolute Gasteiger partial charge is 0.259 e. The van der Waals surface area contributed by atoms with Gasteiger partial charge in [-0.3, -0.25) is 4.98 Å². The fourth-order valence-electron chi connectivity index (χ4n) is 1.52. The van der Waals surface area contributed by atoms with Crippen LogP contribution >= 0.6 is 11.6 Å². The summed E-state index contributed by atoms with van der Waals surface area (Å²) in [6, 6.07) is 1.91. The molecule has 1 aliphatic carbocycles. The highest BCUT2D eigenvalue weighted by Crippen LogP contribution is 2.40. The first-order valence-electron chi connectivity index (χ1n) is 4.86. The molecule has 0 aliphatic heterocycles. The fraction of sp³-hybridized carbons (Fsp3) is 0.300. The maximum atomic E-state index is 6.08. The third-order valence-electron chi connectivity index (χ3n) is 2.45. The van der Waals surface area contributed by atoms with E-state index in [0.29, 0.717) is 16.9 Å². The third-order valence-corrected chi connectivity index (χ3v) is 2.72. The summed E-state index contributed by atoms with van der Waals surface area (Å²) in [6.45, 7) is 0. The van der Waals surface area contributed by atoms with Crippen molar-refractivity contribution in [2.75, 3.05) is 0 Å². The molecular formula is C10H9ClN4. The SMILES string of the molecule is Clc1cc(C2CC2)nn1-c1cnccn1. The lowest BCUT2D eigenvalue weighted by atomic mass is 10.3. The van der Waals surface area contributed by atoms with Crippen molar-refractivity contribution >= 4 is 11.6 Å². The Morgan fingerprint density at radius 2 is 2.20 bits per heavy atom. The Kier molecular flexibility index (Phi) is 1.95. The topological polar surface area (TPSA) is 43.6 Å². The Hall–Kier alpha value is -1.42. The maximum Gasteiger partial charge on any atom is 0.173 e. The summed E-state index contributed by atoms with van der Waals surface area (Å²) in [7, 11) is 0. The number of rotatable bonds is 2. The third kappa shape index (κ3) is 1.61. The zero-order chi connectivity index (χ0) is 10.3. The quantitative estimate of drug-likeness (QED) is 0.779. The van der Waals surface area contributed by atoms with Crippen LogP contribution in [0.15, 0.2) is 24.7 Å². The van der Waals surface area contributed by atoms with E-state index in [-0.39, 0.29) is 0 Å². The number of hydrogen-bond donors (Lipinski definition) is 0. The molecule has 0 radical (unpaired) electrons. The lowest BCUT2D eigenvalue weighted by Crippen LogP contribution is -2.00. The van der Waals surface area contributed by atoms with E-state index in [1.165, 1.54) is 12.8 Å². The number of aromatic nitrogens is 4. The van der Waals surface area contributed by atoms with Crippen LogP contribution in [0, 0.1) is 0 Å². The molecule has 1 saturated carbocycles. The first-order chi connectivity index (χ1) is 7.34. The highest BCUT2D eigenvalue weighted by atomic mass is 35.5. The van der Waals surface area contributed by atoms with Crippen LogP contribution < -0.4 is 0 Å². The van der Waals surface area contributed by atoms with E-state index >= 15 is 0 Å². The van der Waals surface area contributed by atoms with Crippen molar-refractivity contribution in [2.24, 2.45) is 0 Å². The molecule has 0 saturated heterocycles. The normalized spacial score (nSPS) is 15.5. The Morgan fingerprint density at radius 1 is 1.33 bits per heavy atom. The van der Waals surface area contributed by atoms with Gasteiger partial charge in [-0.1, -0.05) is 11.6 Å². The van der Waals surface area contributed by atoms with E-state index < -0.39 is 0 Å². The summed E-state index contributed by atoms with van der Waals surface area (Å²) in [6.07, 6.45) is 7.34. The summed E-state index contributed by atoms with van der Waals surface area (Å²) in [4.78, 5) is 8.15. The van der Waals surface area contributed by atoms with Crippen molar-refractivity contribution in [1.29, 1.82) is 0 Å². The van der Waals surface area contributed by atoms with Crippen LogP contribution in [0.25, 0.3) is 5.82 Å². The van der Waals surface area contributed by atoms with E-state index in [0.717, 1.165) is 5.69 Å². The summed E-state index contributed by atoms with van der Waals surface area (Å²) < 4.78 is 1.63. The molecule has 5 heteroatoms.